The SMILES string of the molecule is CC(C)(C)NCCc1cc(Br)c2c(c1)OCCO2. The van der Waals surface area contributed by atoms with Gasteiger partial charge < -0.3 is 14.8 Å². The molecule has 0 atom stereocenters. The lowest BCUT2D eigenvalue weighted by Gasteiger charge is -2.22. The first kappa shape index (κ1) is 13.7. The summed E-state index contributed by atoms with van der Waals surface area (Å²) in [5.74, 6) is 1.68. The van der Waals surface area contributed by atoms with Crippen LogP contribution in [0.4, 0.5) is 0 Å². The normalized spacial score (nSPS) is 14.7. The molecule has 1 aliphatic heterocycles. The molecule has 18 heavy (non-hydrogen) atoms. The predicted octanol–water partition coefficient (Wildman–Crippen LogP) is 3.15. The molecule has 1 N–H and O–H groups in total. The van der Waals surface area contributed by atoms with Crippen LogP contribution in [-0.2, 0) is 6.42 Å². The molecule has 1 aliphatic rings. The molecule has 0 saturated heterocycles. The first-order valence-electron chi connectivity index (χ1n) is 6.29. The van der Waals surface area contributed by atoms with Crippen LogP contribution in [0, 0.1) is 0 Å². The Bertz CT molecular complexity index is 427. The summed E-state index contributed by atoms with van der Waals surface area (Å²) in [5.41, 5.74) is 1.41. The van der Waals surface area contributed by atoms with Crippen molar-refractivity contribution in [2.45, 2.75) is 32.7 Å². The summed E-state index contributed by atoms with van der Waals surface area (Å²) in [6.07, 6.45) is 0.979. The standard InChI is InChI=1S/C14H20BrNO2/c1-14(2,3)16-5-4-10-8-11(15)13-12(9-10)17-6-7-18-13/h8-9,16H,4-7H2,1-3H3. The van der Waals surface area contributed by atoms with Crippen LogP contribution >= 0.6 is 15.9 Å². The van der Waals surface area contributed by atoms with Gasteiger partial charge in [-0.2, -0.15) is 0 Å². The third-order valence-corrected chi connectivity index (χ3v) is 3.31. The minimum atomic E-state index is 0.158. The zero-order valence-electron chi connectivity index (χ0n) is 11.2. The van der Waals surface area contributed by atoms with Crippen molar-refractivity contribution in [3.05, 3.63) is 22.2 Å². The van der Waals surface area contributed by atoms with E-state index in [1.165, 1.54) is 5.56 Å². The molecule has 0 bridgehead atoms. The van der Waals surface area contributed by atoms with Gasteiger partial charge >= 0.3 is 0 Å². The molecule has 2 rings (SSSR count). The van der Waals surface area contributed by atoms with Gasteiger partial charge in [0.15, 0.2) is 11.5 Å². The average Bonchev–Trinajstić information content (AvgIpc) is 2.27. The smallest absolute Gasteiger partial charge is 0.175 e. The van der Waals surface area contributed by atoms with E-state index in [9.17, 15) is 0 Å². The average molecular weight is 314 g/mol. The Labute approximate surface area is 117 Å². The molecule has 3 nitrogen and oxygen atoms in total. The van der Waals surface area contributed by atoms with Crippen molar-refractivity contribution in [1.29, 1.82) is 0 Å². The molecular formula is C14H20BrNO2. The largest absolute Gasteiger partial charge is 0.486 e. The van der Waals surface area contributed by atoms with Gasteiger partial charge in [-0.15, -0.1) is 0 Å². The fraction of sp³-hybridized carbons (Fsp3) is 0.571. The Morgan fingerprint density at radius 1 is 1.22 bits per heavy atom. The number of hydrogen-bond donors (Lipinski definition) is 1. The molecule has 0 spiro atoms. The minimum Gasteiger partial charge on any atom is -0.486 e. The van der Waals surface area contributed by atoms with Crippen molar-refractivity contribution < 1.29 is 9.47 Å². The Hall–Kier alpha value is -0.740. The lowest BCUT2D eigenvalue weighted by atomic mass is 10.1. The minimum absolute atomic E-state index is 0.158. The first-order valence-corrected chi connectivity index (χ1v) is 7.08. The van der Waals surface area contributed by atoms with Gasteiger partial charge in [-0.1, -0.05) is 0 Å². The molecule has 0 saturated carbocycles. The van der Waals surface area contributed by atoms with Crippen LogP contribution in [0.1, 0.15) is 26.3 Å². The van der Waals surface area contributed by atoms with Crippen LogP contribution in [0.15, 0.2) is 16.6 Å². The molecule has 4 heteroatoms. The van der Waals surface area contributed by atoms with E-state index in [0.717, 1.165) is 28.9 Å². The third kappa shape index (κ3) is 3.62. The first-order chi connectivity index (χ1) is 8.46. The van der Waals surface area contributed by atoms with Crippen LogP contribution in [0.2, 0.25) is 0 Å². The second-order valence-electron chi connectivity index (χ2n) is 5.53. The maximum Gasteiger partial charge on any atom is 0.175 e. The second-order valence-corrected chi connectivity index (χ2v) is 6.38. The van der Waals surface area contributed by atoms with Crippen molar-refractivity contribution in [1.82, 2.24) is 5.32 Å². The van der Waals surface area contributed by atoms with E-state index in [1.807, 2.05) is 0 Å². The van der Waals surface area contributed by atoms with Gasteiger partial charge in [0, 0.05) is 5.54 Å². The van der Waals surface area contributed by atoms with E-state index in [4.69, 9.17) is 9.47 Å². The fourth-order valence-corrected chi connectivity index (χ4v) is 2.49. The second kappa shape index (κ2) is 5.49. The summed E-state index contributed by atoms with van der Waals surface area (Å²) >= 11 is 3.54. The van der Waals surface area contributed by atoms with E-state index >= 15 is 0 Å². The summed E-state index contributed by atoms with van der Waals surface area (Å²) in [4.78, 5) is 0. The Morgan fingerprint density at radius 3 is 2.67 bits per heavy atom. The van der Waals surface area contributed by atoms with Crippen LogP contribution in [0.3, 0.4) is 0 Å². The summed E-state index contributed by atoms with van der Waals surface area (Å²) in [5, 5.41) is 3.48. The predicted molar refractivity (Wildman–Crippen MR) is 76.6 cm³/mol. The maximum absolute atomic E-state index is 5.62. The monoisotopic (exact) mass is 313 g/mol. The molecule has 100 valence electrons. The van der Waals surface area contributed by atoms with Gasteiger partial charge in [-0.3, -0.25) is 0 Å². The molecule has 0 amide bonds. The van der Waals surface area contributed by atoms with E-state index in [1.54, 1.807) is 0 Å². The van der Waals surface area contributed by atoms with Crippen LogP contribution in [0.25, 0.3) is 0 Å². The summed E-state index contributed by atoms with van der Waals surface area (Å²) < 4.78 is 12.2. The Morgan fingerprint density at radius 2 is 1.94 bits per heavy atom. The number of ether oxygens (including phenoxy) is 2. The third-order valence-electron chi connectivity index (χ3n) is 2.73. The summed E-state index contributed by atoms with van der Waals surface area (Å²) in [7, 11) is 0. The molecule has 0 fully saturated rings. The number of halogens is 1. The molecule has 1 aromatic rings. The lowest BCUT2D eigenvalue weighted by Crippen LogP contribution is -2.37. The van der Waals surface area contributed by atoms with Gasteiger partial charge in [-0.25, -0.2) is 0 Å². The van der Waals surface area contributed by atoms with Crippen LogP contribution in [-0.4, -0.2) is 25.3 Å². The van der Waals surface area contributed by atoms with Crippen molar-refractivity contribution in [2.24, 2.45) is 0 Å². The highest BCUT2D eigenvalue weighted by Crippen LogP contribution is 2.38. The molecule has 0 aromatic heterocycles. The van der Waals surface area contributed by atoms with Gasteiger partial charge in [0.1, 0.15) is 13.2 Å². The quantitative estimate of drug-likeness (QED) is 0.930. The maximum atomic E-state index is 5.62. The molecule has 0 radical (unpaired) electrons. The number of nitrogens with one attached hydrogen (secondary N) is 1. The van der Waals surface area contributed by atoms with E-state index in [2.05, 4.69) is 54.2 Å². The Kier molecular flexibility index (Phi) is 4.17. The van der Waals surface area contributed by atoms with Gasteiger partial charge in [0.2, 0.25) is 0 Å². The van der Waals surface area contributed by atoms with E-state index in [0.29, 0.717) is 13.2 Å². The zero-order chi connectivity index (χ0) is 13.2. The number of fused-ring (bicyclic) bond motifs is 1. The van der Waals surface area contributed by atoms with Crippen molar-refractivity contribution in [3.63, 3.8) is 0 Å². The molecule has 0 unspecified atom stereocenters. The zero-order valence-corrected chi connectivity index (χ0v) is 12.8. The molecule has 1 aromatic carbocycles. The highest BCUT2D eigenvalue weighted by molar-refractivity contribution is 9.10. The van der Waals surface area contributed by atoms with E-state index in [-0.39, 0.29) is 5.54 Å². The van der Waals surface area contributed by atoms with Crippen molar-refractivity contribution in [3.8, 4) is 11.5 Å². The Balaban J connectivity index is 2.03. The van der Waals surface area contributed by atoms with Crippen molar-refractivity contribution in [2.75, 3.05) is 19.8 Å². The van der Waals surface area contributed by atoms with Gasteiger partial charge in [-0.05, 0) is 67.4 Å². The number of hydrogen-bond acceptors (Lipinski definition) is 3. The highest BCUT2D eigenvalue weighted by Gasteiger charge is 2.16. The van der Waals surface area contributed by atoms with Crippen LogP contribution in [0.5, 0.6) is 11.5 Å². The topological polar surface area (TPSA) is 30.5 Å². The lowest BCUT2D eigenvalue weighted by molar-refractivity contribution is 0.170. The van der Waals surface area contributed by atoms with Gasteiger partial charge in [0.05, 0.1) is 4.47 Å². The summed E-state index contributed by atoms with van der Waals surface area (Å²) in [6.45, 7) is 8.72. The highest BCUT2D eigenvalue weighted by atomic mass is 79.9. The van der Waals surface area contributed by atoms with Crippen LogP contribution < -0.4 is 14.8 Å². The fourth-order valence-electron chi connectivity index (χ4n) is 1.89. The van der Waals surface area contributed by atoms with E-state index < -0.39 is 0 Å². The number of rotatable bonds is 3. The molecule has 0 aliphatic carbocycles. The molecular weight excluding hydrogens is 294 g/mol. The van der Waals surface area contributed by atoms with Crippen molar-refractivity contribution >= 4 is 15.9 Å². The number of benzene rings is 1. The van der Waals surface area contributed by atoms with Gasteiger partial charge in [0.25, 0.3) is 0 Å². The molecule has 1 heterocycles. The summed E-state index contributed by atoms with van der Waals surface area (Å²) in [6, 6.07) is 4.18.